The summed E-state index contributed by atoms with van der Waals surface area (Å²) in [5.41, 5.74) is 0. The van der Waals surface area contributed by atoms with E-state index in [-0.39, 0.29) is 23.3 Å². The van der Waals surface area contributed by atoms with Gasteiger partial charge >= 0.3 is 0 Å². The molecule has 3 heterocycles. The van der Waals surface area contributed by atoms with E-state index < -0.39 is 15.8 Å². The number of sulfonamides is 1. The highest BCUT2D eigenvalue weighted by atomic mass is 32.2. The number of nitrogens with zero attached hydrogens (tertiary/aromatic N) is 3. The number of amides is 1. The lowest BCUT2D eigenvalue weighted by atomic mass is 9.97. The zero-order valence-corrected chi connectivity index (χ0v) is 18.0. The molecule has 30 heavy (non-hydrogen) atoms. The van der Waals surface area contributed by atoms with Gasteiger partial charge in [0.2, 0.25) is 15.9 Å². The molecule has 166 valence electrons. The van der Waals surface area contributed by atoms with Gasteiger partial charge in [0.1, 0.15) is 5.82 Å². The minimum atomic E-state index is -3.72. The first-order chi connectivity index (χ1) is 14.4. The molecule has 0 saturated carbocycles. The van der Waals surface area contributed by atoms with Crippen LogP contribution in [-0.2, 0) is 19.6 Å². The van der Waals surface area contributed by atoms with Gasteiger partial charge in [-0.15, -0.1) is 0 Å². The molecule has 3 aliphatic heterocycles. The second kappa shape index (κ2) is 9.30. The van der Waals surface area contributed by atoms with Gasteiger partial charge < -0.3 is 9.64 Å². The second-order valence-electron chi connectivity index (χ2n) is 8.42. The molecule has 2 unspecified atom stereocenters. The number of carbonyl (C=O) groups is 1. The number of hydrogen-bond acceptors (Lipinski definition) is 5. The molecule has 0 aliphatic carbocycles. The smallest absolute Gasteiger partial charge is 0.243 e. The molecule has 0 N–H and O–H groups in total. The third-order valence-corrected chi connectivity index (χ3v) is 8.23. The molecule has 7 nitrogen and oxygen atoms in total. The van der Waals surface area contributed by atoms with Crippen molar-refractivity contribution in [1.29, 1.82) is 0 Å². The second-order valence-corrected chi connectivity index (χ2v) is 10.4. The van der Waals surface area contributed by atoms with Gasteiger partial charge in [-0.25, -0.2) is 12.8 Å². The molecule has 2 atom stereocenters. The molecule has 1 aromatic carbocycles. The fourth-order valence-electron chi connectivity index (χ4n) is 4.60. The average Bonchev–Trinajstić information content (AvgIpc) is 3.27. The number of piperidine rings is 1. The Morgan fingerprint density at radius 2 is 1.77 bits per heavy atom. The van der Waals surface area contributed by atoms with Gasteiger partial charge in [0, 0.05) is 52.4 Å². The first-order valence-corrected chi connectivity index (χ1v) is 12.3. The van der Waals surface area contributed by atoms with E-state index >= 15 is 0 Å². The SMILES string of the molecule is O=C(C1CCCN(S(=O)(=O)c2ccc(F)cc2)C1)N1CCN(CC2CCCO2)CC1. The van der Waals surface area contributed by atoms with Crippen molar-refractivity contribution in [2.75, 3.05) is 52.4 Å². The number of rotatable bonds is 5. The predicted molar refractivity (Wildman–Crippen MR) is 110 cm³/mol. The van der Waals surface area contributed by atoms with Gasteiger partial charge in [-0.3, -0.25) is 9.69 Å². The number of halogens is 1. The molecule has 0 radical (unpaired) electrons. The molecule has 0 bridgehead atoms. The molecule has 3 saturated heterocycles. The van der Waals surface area contributed by atoms with Gasteiger partial charge in [0.05, 0.1) is 16.9 Å². The number of benzene rings is 1. The highest BCUT2D eigenvalue weighted by molar-refractivity contribution is 7.89. The van der Waals surface area contributed by atoms with Gasteiger partial charge in [0.25, 0.3) is 0 Å². The number of carbonyl (C=O) groups excluding carboxylic acids is 1. The van der Waals surface area contributed by atoms with Crippen LogP contribution in [-0.4, -0.2) is 87.0 Å². The van der Waals surface area contributed by atoms with Crippen molar-refractivity contribution in [1.82, 2.24) is 14.1 Å². The summed E-state index contributed by atoms with van der Waals surface area (Å²) in [6.07, 6.45) is 3.90. The molecule has 9 heteroatoms. The molecular formula is C21H30FN3O4S. The minimum Gasteiger partial charge on any atom is -0.377 e. The number of ether oxygens (including phenoxy) is 1. The van der Waals surface area contributed by atoms with Crippen LogP contribution in [0.15, 0.2) is 29.2 Å². The van der Waals surface area contributed by atoms with Crippen LogP contribution in [0.25, 0.3) is 0 Å². The molecule has 3 aliphatic rings. The summed E-state index contributed by atoms with van der Waals surface area (Å²) in [6.45, 7) is 5.36. The van der Waals surface area contributed by atoms with Crippen molar-refractivity contribution < 1.29 is 22.3 Å². The molecule has 0 aromatic heterocycles. The lowest BCUT2D eigenvalue weighted by molar-refractivity contribution is -0.138. The molecule has 4 rings (SSSR count). The Bertz CT molecular complexity index is 834. The van der Waals surface area contributed by atoms with Gasteiger partial charge in [-0.05, 0) is 49.9 Å². The predicted octanol–water partition coefficient (Wildman–Crippen LogP) is 1.55. The lowest BCUT2D eigenvalue weighted by Crippen LogP contribution is -2.53. The number of hydrogen-bond donors (Lipinski definition) is 0. The Kier molecular flexibility index (Phi) is 6.72. The molecule has 3 fully saturated rings. The van der Waals surface area contributed by atoms with Crippen LogP contribution in [0.4, 0.5) is 4.39 Å². The minimum absolute atomic E-state index is 0.0470. The van der Waals surface area contributed by atoms with E-state index in [1.807, 2.05) is 4.90 Å². The highest BCUT2D eigenvalue weighted by Gasteiger charge is 2.36. The molecule has 1 amide bonds. The summed E-state index contributed by atoms with van der Waals surface area (Å²) >= 11 is 0. The first-order valence-electron chi connectivity index (χ1n) is 10.8. The van der Waals surface area contributed by atoms with Crippen LogP contribution >= 0.6 is 0 Å². The Hall–Kier alpha value is -1.55. The standard InChI is InChI=1S/C21H30FN3O4S/c22-18-5-7-20(8-6-18)30(27,28)25-9-1-3-17(15-25)21(26)24-12-10-23(11-13-24)16-19-4-2-14-29-19/h5-8,17,19H,1-4,9-16H2. The quantitative estimate of drug-likeness (QED) is 0.696. The summed E-state index contributed by atoms with van der Waals surface area (Å²) in [5, 5.41) is 0. The van der Waals surface area contributed by atoms with E-state index in [1.54, 1.807) is 0 Å². The summed E-state index contributed by atoms with van der Waals surface area (Å²) < 4.78 is 46.1. The van der Waals surface area contributed by atoms with Crippen LogP contribution in [0.2, 0.25) is 0 Å². The van der Waals surface area contributed by atoms with Crippen molar-refractivity contribution in [3.8, 4) is 0 Å². The molecular weight excluding hydrogens is 409 g/mol. The van der Waals surface area contributed by atoms with Crippen LogP contribution in [0.1, 0.15) is 25.7 Å². The van der Waals surface area contributed by atoms with Crippen LogP contribution in [0.5, 0.6) is 0 Å². The summed E-state index contributed by atoms with van der Waals surface area (Å²) in [5.74, 6) is -0.747. The average molecular weight is 440 g/mol. The fourth-order valence-corrected chi connectivity index (χ4v) is 6.13. The fraction of sp³-hybridized carbons (Fsp3) is 0.667. The summed E-state index contributed by atoms with van der Waals surface area (Å²) in [4.78, 5) is 17.4. The van der Waals surface area contributed by atoms with Crippen LogP contribution in [0.3, 0.4) is 0 Å². The van der Waals surface area contributed by atoms with E-state index in [1.165, 1.54) is 16.4 Å². The van der Waals surface area contributed by atoms with Crippen LogP contribution in [0, 0.1) is 11.7 Å². The van der Waals surface area contributed by atoms with E-state index in [0.29, 0.717) is 38.6 Å². The van der Waals surface area contributed by atoms with Crippen molar-refractivity contribution in [2.24, 2.45) is 5.92 Å². The molecule has 1 aromatic rings. The van der Waals surface area contributed by atoms with Crippen molar-refractivity contribution in [2.45, 2.75) is 36.7 Å². The van der Waals surface area contributed by atoms with Crippen LogP contribution < -0.4 is 0 Å². The zero-order valence-electron chi connectivity index (χ0n) is 17.2. The maximum absolute atomic E-state index is 13.2. The monoisotopic (exact) mass is 439 g/mol. The zero-order chi connectivity index (χ0) is 21.1. The molecule has 0 spiro atoms. The topological polar surface area (TPSA) is 70.2 Å². The number of piperazine rings is 1. The van der Waals surface area contributed by atoms with Gasteiger partial charge in [-0.2, -0.15) is 4.31 Å². The van der Waals surface area contributed by atoms with Crippen molar-refractivity contribution >= 4 is 15.9 Å². The third-order valence-electron chi connectivity index (χ3n) is 6.35. The maximum atomic E-state index is 13.2. The Balaban J connectivity index is 1.33. The maximum Gasteiger partial charge on any atom is 0.243 e. The largest absolute Gasteiger partial charge is 0.377 e. The first kappa shape index (κ1) is 21.7. The summed E-state index contributed by atoms with van der Waals surface area (Å²) in [6, 6.07) is 4.86. The highest BCUT2D eigenvalue weighted by Crippen LogP contribution is 2.26. The van der Waals surface area contributed by atoms with Crippen molar-refractivity contribution in [3.05, 3.63) is 30.1 Å². The van der Waals surface area contributed by atoms with Gasteiger partial charge in [-0.1, -0.05) is 0 Å². The summed E-state index contributed by atoms with van der Waals surface area (Å²) in [7, 11) is -3.72. The van der Waals surface area contributed by atoms with Gasteiger partial charge in [0.15, 0.2) is 0 Å². The third kappa shape index (κ3) is 4.85. The Morgan fingerprint density at radius 3 is 2.43 bits per heavy atom. The van der Waals surface area contributed by atoms with E-state index in [4.69, 9.17) is 4.74 Å². The van der Waals surface area contributed by atoms with E-state index in [9.17, 15) is 17.6 Å². The normalized spacial score (nSPS) is 26.8. The van der Waals surface area contributed by atoms with E-state index in [2.05, 4.69) is 4.90 Å². The van der Waals surface area contributed by atoms with E-state index in [0.717, 1.165) is 51.2 Å². The van der Waals surface area contributed by atoms with Crippen molar-refractivity contribution in [3.63, 3.8) is 0 Å². The Morgan fingerprint density at radius 1 is 1.03 bits per heavy atom. The lowest BCUT2D eigenvalue weighted by Gasteiger charge is -2.39. The Labute approximate surface area is 177 Å².